The van der Waals surface area contributed by atoms with E-state index in [1.165, 1.54) is 4.68 Å². The first kappa shape index (κ1) is 13.6. The summed E-state index contributed by atoms with van der Waals surface area (Å²) in [5.41, 5.74) is 6.09. The van der Waals surface area contributed by atoms with Gasteiger partial charge in [-0.25, -0.2) is 4.68 Å². The van der Waals surface area contributed by atoms with Gasteiger partial charge in [-0.2, -0.15) is 0 Å². The van der Waals surface area contributed by atoms with Crippen LogP contribution in [0.25, 0.3) is 0 Å². The standard InChI is InChI=1S/C10H19N5O2/c1-8(10(16)12-4-3-5-17-2)15-7-9(6-11)13-14-15/h7-8H,3-6,11H2,1-2H3,(H,12,16). The first-order chi connectivity index (χ1) is 8.19. The number of hydrogen-bond donors (Lipinski definition) is 2. The summed E-state index contributed by atoms with van der Waals surface area (Å²) in [6, 6.07) is -0.384. The molecule has 0 fully saturated rings. The number of nitrogens with two attached hydrogens (primary N) is 1. The van der Waals surface area contributed by atoms with E-state index in [4.69, 9.17) is 10.5 Å². The van der Waals surface area contributed by atoms with Crippen molar-refractivity contribution in [3.8, 4) is 0 Å². The van der Waals surface area contributed by atoms with Crippen LogP contribution in [0, 0.1) is 0 Å². The number of ether oxygens (including phenoxy) is 1. The fourth-order valence-corrected chi connectivity index (χ4v) is 1.29. The maximum absolute atomic E-state index is 11.7. The highest BCUT2D eigenvalue weighted by molar-refractivity contribution is 5.79. The quantitative estimate of drug-likeness (QED) is 0.625. The van der Waals surface area contributed by atoms with Gasteiger partial charge in [0.2, 0.25) is 5.91 Å². The molecule has 7 heteroatoms. The van der Waals surface area contributed by atoms with E-state index in [9.17, 15) is 4.79 Å². The summed E-state index contributed by atoms with van der Waals surface area (Å²) < 4.78 is 6.40. The van der Waals surface area contributed by atoms with E-state index in [0.29, 0.717) is 25.4 Å². The number of nitrogens with zero attached hydrogens (tertiary/aromatic N) is 3. The van der Waals surface area contributed by atoms with Crippen LogP contribution in [0.1, 0.15) is 25.1 Å². The van der Waals surface area contributed by atoms with Gasteiger partial charge in [-0.15, -0.1) is 5.10 Å². The fraction of sp³-hybridized carbons (Fsp3) is 0.700. The maximum atomic E-state index is 11.7. The second-order valence-corrected chi connectivity index (χ2v) is 3.71. The molecule has 96 valence electrons. The molecule has 1 rings (SSSR count). The Balaban J connectivity index is 2.40. The van der Waals surface area contributed by atoms with Crippen LogP contribution in [0.5, 0.6) is 0 Å². The van der Waals surface area contributed by atoms with Crippen molar-refractivity contribution in [1.29, 1.82) is 0 Å². The lowest BCUT2D eigenvalue weighted by Crippen LogP contribution is -2.32. The summed E-state index contributed by atoms with van der Waals surface area (Å²) in [5, 5.41) is 10.5. The van der Waals surface area contributed by atoms with Crippen molar-refractivity contribution in [3.63, 3.8) is 0 Å². The molecule has 0 aliphatic carbocycles. The number of nitrogens with one attached hydrogen (secondary N) is 1. The Morgan fingerprint density at radius 2 is 2.47 bits per heavy atom. The normalized spacial score (nSPS) is 12.4. The Morgan fingerprint density at radius 3 is 3.06 bits per heavy atom. The zero-order valence-corrected chi connectivity index (χ0v) is 10.2. The number of methoxy groups -OCH3 is 1. The Bertz CT molecular complexity index is 352. The third kappa shape index (κ3) is 4.12. The summed E-state index contributed by atoms with van der Waals surface area (Å²) in [6.07, 6.45) is 2.47. The van der Waals surface area contributed by atoms with E-state index in [2.05, 4.69) is 15.6 Å². The lowest BCUT2D eigenvalue weighted by Gasteiger charge is -2.11. The zero-order chi connectivity index (χ0) is 12.7. The lowest BCUT2D eigenvalue weighted by atomic mass is 10.3. The van der Waals surface area contributed by atoms with Gasteiger partial charge in [-0.05, 0) is 13.3 Å². The number of amides is 1. The third-order valence-electron chi connectivity index (χ3n) is 2.37. The monoisotopic (exact) mass is 241 g/mol. The second kappa shape index (κ2) is 6.97. The average molecular weight is 241 g/mol. The predicted molar refractivity (Wildman–Crippen MR) is 62.1 cm³/mol. The first-order valence-corrected chi connectivity index (χ1v) is 5.56. The van der Waals surface area contributed by atoms with Gasteiger partial charge < -0.3 is 15.8 Å². The highest BCUT2D eigenvalue weighted by Gasteiger charge is 2.15. The molecular weight excluding hydrogens is 222 g/mol. The Hall–Kier alpha value is -1.47. The molecule has 0 aliphatic heterocycles. The predicted octanol–water partition coefficient (Wildman–Crippen LogP) is -0.549. The highest BCUT2D eigenvalue weighted by atomic mass is 16.5. The smallest absolute Gasteiger partial charge is 0.244 e. The molecule has 0 radical (unpaired) electrons. The van der Waals surface area contributed by atoms with Gasteiger partial charge in [0, 0.05) is 26.8 Å². The number of aromatic nitrogens is 3. The molecule has 17 heavy (non-hydrogen) atoms. The molecule has 7 nitrogen and oxygen atoms in total. The molecule has 0 aliphatic rings. The largest absolute Gasteiger partial charge is 0.385 e. The van der Waals surface area contributed by atoms with Crippen molar-refractivity contribution in [3.05, 3.63) is 11.9 Å². The van der Waals surface area contributed by atoms with Crippen LogP contribution in [-0.2, 0) is 16.1 Å². The molecule has 1 aromatic rings. The Labute approximate surface area is 100 Å². The van der Waals surface area contributed by atoms with Gasteiger partial charge in [-0.3, -0.25) is 4.79 Å². The summed E-state index contributed by atoms with van der Waals surface area (Å²) in [4.78, 5) is 11.7. The number of hydrogen-bond acceptors (Lipinski definition) is 5. The molecule has 0 aromatic carbocycles. The van der Waals surface area contributed by atoms with Crippen molar-refractivity contribution in [2.45, 2.75) is 25.9 Å². The summed E-state index contributed by atoms with van der Waals surface area (Å²) in [7, 11) is 1.63. The van der Waals surface area contributed by atoms with Crippen LogP contribution in [0.15, 0.2) is 6.20 Å². The molecule has 0 spiro atoms. The van der Waals surface area contributed by atoms with Gasteiger partial charge in [0.1, 0.15) is 6.04 Å². The summed E-state index contributed by atoms with van der Waals surface area (Å²) in [5.74, 6) is -0.0884. The van der Waals surface area contributed by atoms with E-state index >= 15 is 0 Å². The van der Waals surface area contributed by atoms with Gasteiger partial charge in [0.25, 0.3) is 0 Å². The number of rotatable bonds is 7. The van der Waals surface area contributed by atoms with Gasteiger partial charge in [0.05, 0.1) is 11.9 Å². The number of carbonyl (C=O) groups excluding carboxylic acids is 1. The molecule has 0 bridgehead atoms. The van der Waals surface area contributed by atoms with Gasteiger partial charge >= 0.3 is 0 Å². The summed E-state index contributed by atoms with van der Waals surface area (Å²) >= 11 is 0. The zero-order valence-electron chi connectivity index (χ0n) is 10.2. The topological polar surface area (TPSA) is 95.1 Å². The minimum Gasteiger partial charge on any atom is -0.385 e. The van der Waals surface area contributed by atoms with Gasteiger partial charge in [0.15, 0.2) is 0 Å². The van der Waals surface area contributed by atoms with Crippen molar-refractivity contribution >= 4 is 5.91 Å². The molecule has 0 saturated carbocycles. The van der Waals surface area contributed by atoms with E-state index < -0.39 is 0 Å². The van der Waals surface area contributed by atoms with Crippen LogP contribution in [0.3, 0.4) is 0 Å². The molecule has 0 saturated heterocycles. The SMILES string of the molecule is COCCCNC(=O)C(C)n1cc(CN)nn1. The van der Waals surface area contributed by atoms with Crippen LogP contribution >= 0.6 is 0 Å². The molecular formula is C10H19N5O2. The van der Waals surface area contributed by atoms with Gasteiger partial charge in [-0.1, -0.05) is 5.21 Å². The number of carbonyl (C=O) groups is 1. The second-order valence-electron chi connectivity index (χ2n) is 3.71. The average Bonchev–Trinajstić information content (AvgIpc) is 2.82. The fourth-order valence-electron chi connectivity index (χ4n) is 1.29. The minimum atomic E-state index is -0.384. The van der Waals surface area contributed by atoms with Crippen molar-refractivity contribution in [1.82, 2.24) is 20.3 Å². The molecule has 3 N–H and O–H groups in total. The van der Waals surface area contributed by atoms with E-state index in [1.54, 1.807) is 20.2 Å². The Morgan fingerprint density at radius 1 is 1.71 bits per heavy atom. The van der Waals surface area contributed by atoms with Crippen molar-refractivity contribution in [2.75, 3.05) is 20.3 Å². The third-order valence-corrected chi connectivity index (χ3v) is 2.37. The van der Waals surface area contributed by atoms with Crippen LogP contribution in [0.2, 0.25) is 0 Å². The maximum Gasteiger partial charge on any atom is 0.244 e. The van der Waals surface area contributed by atoms with E-state index in [1.807, 2.05) is 0 Å². The van der Waals surface area contributed by atoms with E-state index in [-0.39, 0.29) is 11.9 Å². The minimum absolute atomic E-state index is 0.0884. The molecule has 1 atom stereocenters. The van der Waals surface area contributed by atoms with Crippen LogP contribution < -0.4 is 11.1 Å². The molecule has 1 heterocycles. The lowest BCUT2D eigenvalue weighted by molar-refractivity contribution is -0.124. The molecule has 1 aromatic heterocycles. The highest BCUT2D eigenvalue weighted by Crippen LogP contribution is 2.04. The van der Waals surface area contributed by atoms with Crippen molar-refractivity contribution in [2.24, 2.45) is 5.73 Å². The van der Waals surface area contributed by atoms with E-state index in [0.717, 1.165) is 6.42 Å². The molecule has 1 unspecified atom stereocenters. The van der Waals surface area contributed by atoms with Crippen LogP contribution in [-0.4, -0.2) is 41.2 Å². The molecule has 1 amide bonds. The van der Waals surface area contributed by atoms with Crippen molar-refractivity contribution < 1.29 is 9.53 Å². The Kier molecular flexibility index (Phi) is 5.58. The first-order valence-electron chi connectivity index (χ1n) is 5.56. The van der Waals surface area contributed by atoms with Crippen LogP contribution in [0.4, 0.5) is 0 Å². The summed E-state index contributed by atoms with van der Waals surface area (Å²) in [6.45, 7) is 3.31.